The molecule has 31 heavy (non-hydrogen) atoms. The zero-order valence-corrected chi connectivity index (χ0v) is 15.8. The highest BCUT2D eigenvalue weighted by molar-refractivity contribution is 6.04. The highest BCUT2D eigenvalue weighted by Gasteiger charge is 2.30. The fourth-order valence-corrected chi connectivity index (χ4v) is 2.81. The molecule has 0 bridgehead atoms. The number of nitrogens with one attached hydrogen (secondary N) is 1. The molecule has 1 N–H and O–H groups in total. The Labute approximate surface area is 174 Å². The van der Waals surface area contributed by atoms with Crippen molar-refractivity contribution in [3.05, 3.63) is 89.7 Å². The predicted octanol–water partition coefficient (Wildman–Crippen LogP) is 4.39. The van der Waals surface area contributed by atoms with Crippen LogP contribution >= 0.6 is 0 Å². The second kappa shape index (κ2) is 8.34. The highest BCUT2D eigenvalue weighted by atomic mass is 19.4. The molecule has 0 unspecified atom stereocenters. The van der Waals surface area contributed by atoms with Crippen molar-refractivity contribution in [2.75, 3.05) is 5.32 Å². The minimum Gasteiger partial charge on any atom is -0.339 e. The van der Waals surface area contributed by atoms with E-state index in [4.69, 9.17) is 4.52 Å². The van der Waals surface area contributed by atoms with E-state index >= 15 is 0 Å². The molecule has 2 aromatic carbocycles. The van der Waals surface area contributed by atoms with Crippen molar-refractivity contribution < 1.29 is 22.5 Å². The number of hydrogen-bond donors (Lipinski definition) is 1. The largest absolute Gasteiger partial charge is 0.416 e. The zero-order valence-electron chi connectivity index (χ0n) is 15.8. The van der Waals surface area contributed by atoms with Crippen molar-refractivity contribution in [2.24, 2.45) is 0 Å². The lowest BCUT2D eigenvalue weighted by atomic mass is 10.1. The molecule has 156 valence electrons. The first-order chi connectivity index (χ1) is 14.9. The van der Waals surface area contributed by atoms with Gasteiger partial charge in [0.15, 0.2) is 0 Å². The molecular weight excluding hydrogens is 411 g/mol. The van der Waals surface area contributed by atoms with E-state index in [9.17, 15) is 18.0 Å². The Balaban J connectivity index is 1.50. The highest BCUT2D eigenvalue weighted by Crippen LogP contribution is 2.29. The van der Waals surface area contributed by atoms with Gasteiger partial charge in [-0.3, -0.25) is 9.78 Å². The van der Waals surface area contributed by atoms with Crippen molar-refractivity contribution in [1.82, 2.24) is 20.1 Å². The summed E-state index contributed by atoms with van der Waals surface area (Å²) in [6.45, 7) is 0. The smallest absolute Gasteiger partial charge is 0.339 e. The first kappa shape index (κ1) is 20.2. The van der Waals surface area contributed by atoms with Gasteiger partial charge in [-0.2, -0.15) is 18.2 Å². The number of nitrogens with zero attached hydrogens (tertiary/aromatic N) is 4. The Bertz CT molecular complexity index is 1190. The molecule has 2 aromatic heterocycles. The second-order valence-electron chi connectivity index (χ2n) is 6.47. The Morgan fingerprint density at radius 3 is 2.52 bits per heavy atom. The maximum atomic E-state index is 12.7. The van der Waals surface area contributed by atoms with E-state index in [0.29, 0.717) is 22.8 Å². The molecule has 0 aliphatic carbocycles. The van der Waals surface area contributed by atoms with E-state index in [1.165, 1.54) is 18.6 Å². The van der Waals surface area contributed by atoms with Gasteiger partial charge in [-0.05, 0) is 35.9 Å². The molecule has 0 saturated heterocycles. The average Bonchev–Trinajstić information content (AvgIpc) is 3.24. The second-order valence-corrected chi connectivity index (χ2v) is 6.47. The number of para-hydroxylation sites is 1. The number of rotatable bonds is 5. The van der Waals surface area contributed by atoms with Crippen LogP contribution in [0.3, 0.4) is 0 Å². The normalized spacial score (nSPS) is 11.3. The molecule has 4 rings (SSSR count). The predicted molar refractivity (Wildman–Crippen MR) is 104 cm³/mol. The number of carbonyl (C=O) groups is 1. The van der Waals surface area contributed by atoms with Crippen molar-refractivity contribution in [3.63, 3.8) is 0 Å². The fourth-order valence-electron chi connectivity index (χ4n) is 2.81. The lowest BCUT2D eigenvalue weighted by Crippen LogP contribution is -2.14. The van der Waals surface area contributed by atoms with Crippen LogP contribution < -0.4 is 5.32 Å². The van der Waals surface area contributed by atoms with Crippen LogP contribution in [0.15, 0.2) is 71.6 Å². The molecule has 0 atom stereocenters. The SMILES string of the molecule is O=C(Nc1ccccc1Cc1nc(-c2cnccn2)no1)c1ccc(C(F)(F)F)cc1. The van der Waals surface area contributed by atoms with Gasteiger partial charge in [0, 0.05) is 23.6 Å². The molecule has 4 aromatic rings. The summed E-state index contributed by atoms with van der Waals surface area (Å²) in [6, 6.07) is 11.0. The average molecular weight is 425 g/mol. The monoisotopic (exact) mass is 425 g/mol. The molecule has 1 amide bonds. The summed E-state index contributed by atoms with van der Waals surface area (Å²) < 4.78 is 43.4. The molecule has 0 fully saturated rings. The topological polar surface area (TPSA) is 93.8 Å². The summed E-state index contributed by atoms with van der Waals surface area (Å²) in [7, 11) is 0. The number of hydrogen-bond acceptors (Lipinski definition) is 6. The number of halogens is 3. The molecule has 0 aliphatic heterocycles. The van der Waals surface area contributed by atoms with Gasteiger partial charge >= 0.3 is 6.18 Å². The number of alkyl halides is 3. The third-order valence-corrected chi connectivity index (χ3v) is 4.34. The maximum absolute atomic E-state index is 12.7. The van der Waals surface area contributed by atoms with Crippen molar-refractivity contribution >= 4 is 11.6 Å². The standard InChI is InChI=1S/C21H14F3N5O2/c22-21(23,24)15-7-5-13(6-8-15)20(30)27-16-4-2-1-3-14(16)11-18-28-19(29-31-18)17-12-25-9-10-26-17/h1-10,12H,11H2,(H,27,30). The van der Waals surface area contributed by atoms with Gasteiger partial charge < -0.3 is 9.84 Å². The van der Waals surface area contributed by atoms with Gasteiger partial charge in [0.25, 0.3) is 5.91 Å². The number of aromatic nitrogens is 4. The zero-order chi connectivity index (χ0) is 21.8. The van der Waals surface area contributed by atoms with Gasteiger partial charge in [0.05, 0.1) is 18.2 Å². The molecule has 0 aliphatic rings. The molecule has 0 saturated carbocycles. The lowest BCUT2D eigenvalue weighted by molar-refractivity contribution is -0.137. The minimum absolute atomic E-state index is 0.102. The quantitative estimate of drug-likeness (QED) is 0.510. The maximum Gasteiger partial charge on any atom is 0.416 e. The first-order valence-electron chi connectivity index (χ1n) is 9.05. The van der Waals surface area contributed by atoms with E-state index in [-0.39, 0.29) is 17.8 Å². The van der Waals surface area contributed by atoms with Crippen molar-refractivity contribution in [1.29, 1.82) is 0 Å². The number of anilines is 1. The first-order valence-corrected chi connectivity index (χ1v) is 9.05. The summed E-state index contributed by atoms with van der Waals surface area (Å²) in [6.07, 6.45) is 0.316. The van der Waals surface area contributed by atoms with E-state index in [0.717, 1.165) is 24.3 Å². The van der Waals surface area contributed by atoms with Crippen LogP contribution in [0.25, 0.3) is 11.5 Å². The van der Waals surface area contributed by atoms with Gasteiger partial charge in [-0.15, -0.1) is 0 Å². The Hall–Kier alpha value is -4.08. The van der Waals surface area contributed by atoms with E-state index in [1.54, 1.807) is 24.3 Å². The van der Waals surface area contributed by atoms with Gasteiger partial charge in [-0.25, -0.2) is 4.98 Å². The van der Waals surface area contributed by atoms with Crippen molar-refractivity contribution in [3.8, 4) is 11.5 Å². The van der Waals surface area contributed by atoms with Crippen LogP contribution in [0.5, 0.6) is 0 Å². The summed E-state index contributed by atoms with van der Waals surface area (Å²) >= 11 is 0. The van der Waals surface area contributed by atoms with Crippen molar-refractivity contribution in [2.45, 2.75) is 12.6 Å². The fraction of sp³-hybridized carbons (Fsp3) is 0.0952. The molecular formula is C21H14F3N5O2. The third-order valence-electron chi connectivity index (χ3n) is 4.34. The lowest BCUT2D eigenvalue weighted by Gasteiger charge is -2.11. The number of carbonyl (C=O) groups excluding carboxylic acids is 1. The summed E-state index contributed by atoms with van der Waals surface area (Å²) in [5, 5.41) is 6.59. The minimum atomic E-state index is -4.46. The van der Waals surface area contributed by atoms with E-state index < -0.39 is 17.6 Å². The van der Waals surface area contributed by atoms with Crippen LogP contribution in [0, 0.1) is 0 Å². The summed E-state index contributed by atoms with van der Waals surface area (Å²) in [5.41, 5.74) is 0.912. The van der Waals surface area contributed by atoms with Crippen LogP contribution in [-0.4, -0.2) is 26.0 Å². The molecule has 2 heterocycles. The third kappa shape index (κ3) is 4.74. The van der Waals surface area contributed by atoms with Gasteiger partial charge in [-0.1, -0.05) is 23.4 Å². The summed E-state index contributed by atoms with van der Waals surface area (Å²) in [4.78, 5) is 24.9. The Morgan fingerprint density at radius 2 is 1.81 bits per heavy atom. The number of benzene rings is 2. The Kier molecular flexibility index (Phi) is 5.44. The van der Waals surface area contributed by atoms with Crippen LogP contribution in [0.2, 0.25) is 0 Å². The molecule has 0 spiro atoms. The van der Waals surface area contributed by atoms with Crippen LogP contribution in [0.1, 0.15) is 27.4 Å². The summed E-state index contributed by atoms with van der Waals surface area (Å²) in [5.74, 6) is 0.0539. The molecule has 10 heteroatoms. The molecule has 7 nitrogen and oxygen atoms in total. The Morgan fingerprint density at radius 1 is 1.03 bits per heavy atom. The van der Waals surface area contributed by atoms with E-state index in [2.05, 4.69) is 25.4 Å². The van der Waals surface area contributed by atoms with Crippen LogP contribution in [0.4, 0.5) is 18.9 Å². The number of amides is 1. The van der Waals surface area contributed by atoms with E-state index in [1.807, 2.05) is 0 Å². The van der Waals surface area contributed by atoms with Crippen LogP contribution in [-0.2, 0) is 12.6 Å². The van der Waals surface area contributed by atoms with Gasteiger partial charge in [0.1, 0.15) is 5.69 Å². The van der Waals surface area contributed by atoms with Gasteiger partial charge in [0.2, 0.25) is 11.7 Å². The molecule has 0 radical (unpaired) electrons.